The molecule has 140 valence electrons. The smallest absolute Gasteiger partial charge is 0.260 e. The Balaban J connectivity index is 1.68. The molecule has 0 radical (unpaired) electrons. The minimum Gasteiger partial charge on any atom is -0.349 e. The van der Waals surface area contributed by atoms with Gasteiger partial charge in [0, 0.05) is 23.3 Å². The molecule has 0 aliphatic heterocycles. The van der Waals surface area contributed by atoms with Gasteiger partial charge in [-0.05, 0) is 64.4 Å². The van der Waals surface area contributed by atoms with Crippen molar-refractivity contribution in [2.75, 3.05) is 0 Å². The van der Waals surface area contributed by atoms with Gasteiger partial charge in [0.25, 0.3) is 5.91 Å². The zero-order valence-corrected chi connectivity index (χ0v) is 15.1. The number of nitrogens with zero attached hydrogens (tertiary/aromatic N) is 3. The summed E-state index contributed by atoms with van der Waals surface area (Å²) in [6, 6.07) is 1.89. The van der Waals surface area contributed by atoms with Gasteiger partial charge in [0.1, 0.15) is 11.7 Å². The highest BCUT2D eigenvalue weighted by Crippen LogP contribution is 2.34. The lowest BCUT2D eigenvalue weighted by Crippen LogP contribution is -2.34. The molecule has 2 aliphatic carbocycles. The van der Waals surface area contributed by atoms with E-state index in [-0.39, 0.29) is 23.2 Å². The summed E-state index contributed by atoms with van der Waals surface area (Å²) in [6.07, 6.45) is 3.94. The fraction of sp³-hybridized carbons (Fsp3) is 0.632. The molecular formula is C19H24F2N4O. The second-order valence-electron chi connectivity index (χ2n) is 7.77. The van der Waals surface area contributed by atoms with E-state index in [4.69, 9.17) is 0 Å². The van der Waals surface area contributed by atoms with Crippen molar-refractivity contribution in [2.24, 2.45) is 5.92 Å². The number of carbonyl (C=O) groups is 1. The van der Waals surface area contributed by atoms with Crippen LogP contribution >= 0.6 is 0 Å². The van der Waals surface area contributed by atoms with Gasteiger partial charge in [0.2, 0.25) is 5.95 Å². The Morgan fingerprint density at radius 1 is 1.27 bits per heavy atom. The fourth-order valence-corrected chi connectivity index (χ4v) is 3.91. The predicted molar refractivity (Wildman–Crippen MR) is 93.4 cm³/mol. The zero-order chi connectivity index (χ0) is 18.4. The highest BCUT2D eigenvalue weighted by Gasteiger charge is 2.32. The van der Waals surface area contributed by atoms with Crippen molar-refractivity contribution in [3.05, 3.63) is 29.0 Å². The van der Waals surface area contributed by atoms with Crippen LogP contribution in [-0.2, 0) is 0 Å². The summed E-state index contributed by atoms with van der Waals surface area (Å²) in [5, 5.41) is 6.75. The highest BCUT2D eigenvalue weighted by atomic mass is 19.1. The van der Waals surface area contributed by atoms with Crippen molar-refractivity contribution in [2.45, 2.75) is 70.5 Å². The van der Waals surface area contributed by atoms with Crippen LogP contribution in [0.25, 0.3) is 5.65 Å². The number of rotatable bonds is 4. The lowest BCUT2D eigenvalue weighted by Gasteiger charge is -2.24. The molecule has 26 heavy (non-hydrogen) atoms. The molecule has 1 amide bonds. The fourth-order valence-electron chi connectivity index (χ4n) is 3.91. The van der Waals surface area contributed by atoms with Crippen LogP contribution in [0.2, 0.25) is 0 Å². The van der Waals surface area contributed by atoms with E-state index in [0.717, 1.165) is 37.1 Å². The van der Waals surface area contributed by atoms with E-state index in [1.54, 1.807) is 0 Å². The normalized spacial score (nSPS) is 24.6. The van der Waals surface area contributed by atoms with Crippen LogP contribution in [0.3, 0.4) is 0 Å². The maximum atomic E-state index is 14.4. The van der Waals surface area contributed by atoms with Gasteiger partial charge in [-0.2, -0.15) is 4.39 Å². The lowest BCUT2D eigenvalue weighted by molar-refractivity contribution is 0.0933. The Hall–Kier alpha value is -2.05. The molecule has 4 rings (SSSR count). The molecular weight excluding hydrogens is 338 g/mol. The van der Waals surface area contributed by atoms with Gasteiger partial charge in [-0.1, -0.05) is 0 Å². The van der Waals surface area contributed by atoms with Crippen molar-refractivity contribution < 1.29 is 13.6 Å². The monoisotopic (exact) mass is 362 g/mol. The third-order valence-corrected chi connectivity index (χ3v) is 5.73. The van der Waals surface area contributed by atoms with Crippen molar-refractivity contribution in [3.8, 4) is 0 Å². The van der Waals surface area contributed by atoms with E-state index in [1.807, 2.05) is 19.9 Å². The summed E-state index contributed by atoms with van der Waals surface area (Å²) < 4.78 is 29.3. The van der Waals surface area contributed by atoms with Crippen LogP contribution in [0.5, 0.6) is 0 Å². The molecule has 7 heteroatoms. The number of carbonyl (C=O) groups excluding carboxylic acids is 1. The maximum Gasteiger partial charge on any atom is 0.260 e. The van der Waals surface area contributed by atoms with Crippen LogP contribution in [0.15, 0.2) is 6.07 Å². The van der Waals surface area contributed by atoms with Gasteiger partial charge in [-0.3, -0.25) is 4.79 Å². The van der Waals surface area contributed by atoms with Gasteiger partial charge in [0.05, 0.1) is 0 Å². The van der Waals surface area contributed by atoms with E-state index in [9.17, 15) is 13.6 Å². The number of aryl methyl sites for hydroxylation is 1. The Bertz CT molecular complexity index is 838. The third-order valence-electron chi connectivity index (χ3n) is 5.73. The molecule has 2 saturated carbocycles. The van der Waals surface area contributed by atoms with Crippen LogP contribution < -0.4 is 5.32 Å². The third kappa shape index (κ3) is 3.19. The van der Waals surface area contributed by atoms with Crippen molar-refractivity contribution in [1.82, 2.24) is 19.9 Å². The molecule has 0 spiro atoms. The number of nitrogens with one attached hydrogen (secondary N) is 1. The van der Waals surface area contributed by atoms with Gasteiger partial charge in [-0.25, -0.2) is 13.9 Å². The molecule has 2 aromatic heterocycles. The number of hydrogen-bond donors (Lipinski definition) is 1. The molecule has 2 aromatic rings. The Morgan fingerprint density at radius 3 is 2.62 bits per heavy atom. The summed E-state index contributed by atoms with van der Waals surface area (Å²) in [5.74, 6) is -0.644. The van der Waals surface area contributed by atoms with Gasteiger partial charge in [-0.15, -0.1) is 5.10 Å². The van der Waals surface area contributed by atoms with E-state index in [1.165, 1.54) is 4.52 Å². The largest absolute Gasteiger partial charge is 0.349 e. The molecule has 1 unspecified atom stereocenters. The van der Waals surface area contributed by atoms with Gasteiger partial charge < -0.3 is 5.32 Å². The second-order valence-corrected chi connectivity index (χ2v) is 7.77. The SMILES string of the molecule is Cc1cc(C2CCC(F)CC2)nc2c(C(=O)NC(C)C3CC3)c(F)nn12. The topological polar surface area (TPSA) is 59.3 Å². The van der Waals surface area contributed by atoms with E-state index >= 15 is 0 Å². The maximum absolute atomic E-state index is 14.4. The molecule has 0 saturated heterocycles. The quantitative estimate of drug-likeness (QED) is 0.902. The van der Waals surface area contributed by atoms with Crippen molar-refractivity contribution in [1.29, 1.82) is 0 Å². The molecule has 1 N–H and O–H groups in total. The average molecular weight is 362 g/mol. The minimum atomic E-state index is -0.800. The first-order valence-electron chi connectivity index (χ1n) is 9.44. The first-order valence-corrected chi connectivity index (χ1v) is 9.44. The average Bonchev–Trinajstić information content (AvgIpc) is 3.38. The van der Waals surface area contributed by atoms with Crippen LogP contribution in [0.1, 0.15) is 73.1 Å². The Labute approximate surface area is 151 Å². The van der Waals surface area contributed by atoms with Gasteiger partial charge >= 0.3 is 0 Å². The van der Waals surface area contributed by atoms with Crippen LogP contribution in [0, 0.1) is 18.8 Å². The number of aromatic nitrogens is 3. The van der Waals surface area contributed by atoms with E-state index in [2.05, 4.69) is 15.4 Å². The lowest BCUT2D eigenvalue weighted by atomic mass is 9.85. The predicted octanol–water partition coefficient (Wildman–Crippen LogP) is 3.70. The summed E-state index contributed by atoms with van der Waals surface area (Å²) in [6.45, 7) is 3.76. The molecule has 0 aromatic carbocycles. The summed E-state index contributed by atoms with van der Waals surface area (Å²) in [7, 11) is 0. The number of hydrogen-bond acceptors (Lipinski definition) is 3. The van der Waals surface area contributed by atoms with Crippen molar-refractivity contribution >= 4 is 11.6 Å². The molecule has 1 atom stereocenters. The van der Waals surface area contributed by atoms with E-state index < -0.39 is 18.0 Å². The Morgan fingerprint density at radius 2 is 1.96 bits per heavy atom. The van der Waals surface area contributed by atoms with Crippen LogP contribution in [0.4, 0.5) is 8.78 Å². The van der Waals surface area contributed by atoms with Gasteiger partial charge in [0.15, 0.2) is 5.65 Å². The summed E-state index contributed by atoms with van der Waals surface area (Å²) in [4.78, 5) is 17.2. The zero-order valence-electron chi connectivity index (χ0n) is 15.1. The standard InChI is InChI=1S/C19H24F2N4O/c1-10-9-15(13-5-7-14(20)8-6-13)23-18-16(17(21)24-25(10)18)19(26)22-11(2)12-3-4-12/h9,11-14H,3-8H2,1-2H3,(H,22,26). The van der Waals surface area contributed by atoms with Crippen LogP contribution in [-0.4, -0.2) is 32.7 Å². The Kier molecular flexibility index (Phi) is 4.40. The number of amides is 1. The molecule has 2 heterocycles. The number of alkyl halides is 1. The molecule has 0 bridgehead atoms. The molecule has 2 aliphatic rings. The number of halogens is 2. The minimum absolute atomic E-state index is 0.0148. The number of fused-ring (bicyclic) bond motifs is 1. The summed E-state index contributed by atoms with van der Waals surface area (Å²) >= 11 is 0. The van der Waals surface area contributed by atoms with E-state index in [0.29, 0.717) is 18.8 Å². The first kappa shape index (κ1) is 17.4. The highest BCUT2D eigenvalue weighted by molar-refractivity contribution is 6.00. The second kappa shape index (κ2) is 6.59. The van der Waals surface area contributed by atoms with Crippen molar-refractivity contribution in [3.63, 3.8) is 0 Å². The first-order chi connectivity index (χ1) is 12.4. The molecule has 5 nitrogen and oxygen atoms in total. The molecule has 2 fully saturated rings. The summed E-state index contributed by atoms with van der Waals surface area (Å²) in [5.41, 5.74) is 1.67.